The molecule has 0 spiro atoms. The van der Waals surface area contributed by atoms with Gasteiger partial charge in [0.1, 0.15) is 12.2 Å². The number of nitrogens with zero attached hydrogens (tertiary/aromatic N) is 1. The second-order valence-electron chi connectivity index (χ2n) is 5.27. The summed E-state index contributed by atoms with van der Waals surface area (Å²) < 4.78 is 10.8. The molecule has 1 aromatic rings. The van der Waals surface area contributed by atoms with E-state index in [0.29, 0.717) is 24.2 Å². The third-order valence-electron chi connectivity index (χ3n) is 4.12. The van der Waals surface area contributed by atoms with Crippen molar-refractivity contribution in [3.8, 4) is 0 Å². The fourth-order valence-corrected chi connectivity index (χ4v) is 3.14. The van der Waals surface area contributed by atoms with Gasteiger partial charge in [0, 0.05) is 6.42 Å². The van der Waals surface area contributed by atoms with Crippen molar-refractivity contribution in [1.29, 1.82) is 0 Å². The van der Waals surface area contributed by atoms with E-state index >= 15 is 0 Å². The number of rotatable bonds is 1. The number of imide groups is 1. The van der Waals surface area contributed by atoms with Crippen LogP contribution in [0.25, 0.3) is 0 Å². The summed E-state index contributed by atoms with van der Waals surface area (Å²) in [6.45, 7) is 0.291. The number of aliphatic hydroxyl groups is 1. The molecule has 2 fully saturated rings. The van der Waals surface area contributed by atoms with Crippen LogP contribution in [0.4, 0.5) is 0 Å². The molecule has 0 aliphatic carbocycles. The Bertz CT molecular complexity index is 566. The first-order chi connectivity index (χ1) is 9.66. The Morgan fingerprint density at radius 1 is 1.15 bits per heavy atom. The molecule has 3 heterocycles. The van der Waals surface area contributed by atoms with E-state index in [-0.39, 0.29) is 17.9 Å². The number of hydrogen-bond acceptors (Lipinski definition) is 5. The molecule has 1 N–H and O–H groups in total. The molecule has 104 valence electrons. The van der Waals surface area contributed by atoms with Crippen LogP contribution in [0.3, 0.4) is 0 Å². The van der Waals surface area contributed by atoms with Crippen molar-refractivity contribution < 1.29 is 24.2 Å². The molecule has 1 aromatic carbocycles. The van der Waals surface area contributed by atoms with E-state index in [1.165, 1.54) is 4.90 Å². The molecule has 4 rings (SSSR count). The summed E-state index contributed by atoms with van der Waals surface area (Å²) in [5.74, 6) is -0.645. The third kappa shape index (κ3) is 1.49. The Labute approximate surface area is 114 Å². The Morgan fingerprint density at radius 2 is 1.80 bits per heavy atom. The second kappa shape index (κ2) is 4.12. The van der Waals surface area contributed by atoms with Crippen LogP contribution >= 0.6 is 0 Å². The van der Waals surface area contributed by atoms with Crippen LogP contribution in [0.15, 0.2) is 24.3 Å². The summed E-state index contributed by atoms with van der Waals surface area (Å²) in [6.07, 6.45) is -1.51. The quantitative estimate of drug-likeness (QED) is 0.739. The molecule has 2 amide bonds. The van der Waals surface area contributed by atoms with Crippen LogP contribution in [0.5, 0.6) is 0 Å². The van der Waals surface area contributed by atoms with Gasteiger partial charge in [-0.25, -0.2) is 0 Å². The monoisotopic (exact) mass is 275 g/mol. The van der Waals surface area contributed by atoms with Crippen LogP contribution in [0, 0.1) is 0 Å². The van der Waals surface area contributed by atoms with Crippen molar-refractivity contribution in [2.24, 2.45) is 0 Å². The van der Waals surface area contributed by atoms with E-state index in [1.54, 1.807) is 24.3 Å². The third-order valence-corrected chi connectivity index (χ3v) is 4.12. The Hall–Kier alpha value is -1.76. The molecule has 0 unspecified atom stereocenters. The summed E-state index contributed by atoms with van der Waals surface area (Å²) in [6, 6.07) is 6.27. The highest BCUT2D eigenvalue weighted by atomic mass is 16.7. The lowest BCUT2D eigenvalue weighted by atomic mass is 10.00. The fourth-order valence-electron chi connectivity index (χ4n) is 3.14. The Morgan fingerprint density at radius 3 is 2.45 bits per heavy atom. The first-order valence-electron chi connectivity index (χ1n) is 6.59. The van der Waals surface area contributed by atoms with Crippen molar-refractivity contribution in [3.63, 3.8) is 0 Å². The van der Waals surface area contributed by atoms with Gasteiger partial charge in [-0.15, -0.1) is 0 Å². The zero-order valence-corrected chi connectivity index (χ0v) is 10.6. The standard InChI is InChI=1S/C14H13NO5/c16-10-5-9(11-6-19-14(10)20-11)15-12(17)7-3-1-2-4-8(7)13(15)18/h1-4,9-11,14,16H,5-6H2/t9-,10-,11+,14-/m0/s1. The van der Waals surface area contributed by atoms with Crippen molar-refractivity contribution in [2.45, 2.75) is 31.0 Å². The average molecular weight is 275 g/mol. The topological polar surface area (TPSA) is 76.1 Å². The lowest BCUT2D eigenvalue weighted by molar-refractivity contribution is -0.166. The van der Waals surface area contributed by atoms with E-state index < -0.39 is 18.4 Å². The molecular formula is C14H13NO5. The normalized spacial score (nSPS) is 35.5. The first-order valence-corrected chi connectivity index (χ1v) is 6.59. The predicted octanol–water partition coefficient (Wildman–Crippen LogP) is 0.157. The van der Waals surface area contributed by atoms with E-state index in [2.05, 4.69) is 0 Å². The molecule has 4 atom stereocenters. The maximum Gasteiger partial charge on any atom is 0.261 e. The highest BCUT2D eigenvalue weighted by Crippen LogP contribution is 2.35. The molecule has 6 heteroatoms. The largest absolute Gasteiger partial charge is 0.388 e. The smallest absolute Gasteiger partial charge is 0.261 e. The van der Waals surface area contributed by atoms with E-state index in [0.717, 1.165) is 0 Å². The van der Waals surface area contributed by atoms with Gasteiger partial charge in [-0.2, -0.15) is 0 Å². The number of amides is 2. The van der Waals surface area contributed by atoms with Gasteiger partial charge in [0.25, 0.3) is 11.8 Å². The molecule has 20 heavy (non-hydrogen) atoms. The van der Waals surface area contributed by atoms with Crippen molar-refractivity contribution in [1.82, 2.24) is 4.90 Å². The molecule has 0 saturated carbocycles. The number of fused-ring (bicyclic) bond motifs is 3. The second-order valence-corrected chi connectivity index (χ2v) is 5.27. The summed E-state index contributed by atoms with van der Waals surface area (Å²) >= 11 is 0. The maximum atomic E-state index is 12.4. The van der Waals surface area contributed by atoms with Gasteiger partial charge in [-0.1, -0.05) is 12.1 Å². The molecule has 0 aromatic heterocycles. The van der Waals surface area contributed by atoms with E-state index in [9.17, 15) is 14.7 Å². The minimum Gasteiger partial charge on any atom is -0.388 e. The Balaban J connectivity index is 1.70. The number of hydrogen-bond donors (Lipinski definition) is 1. The summed E-state index contributed by atoms with van der Waals surface area (Å²) in [4.78, 5) is 26.0. The Kier molecular flexibility index (Phi) is 2.47. The van der Waals surface area contributed by atoms with Gasteiger partial charge >= 0.3 is 0 Å². The lowest BCUT2D eigenvalue weighted by Crippen LogP contribution is -2.53. The molecule has 0 radical (unpaired) electrons. The fraction of sp³-hybridized carbons (Fsp3) is 0.429. The van der Waals surface area contributed by atoms with Gasteiger partial charge in [0.2, 0.25) is 0 Å². The van der Waals surface area contributed by atoms with E-state index in [1.807, 2.05) is 0 Å². The first kappa shape index (κ1) is 12.0. The van der Waals surface area contributed by atoms with Crippen molar-refractivity contribution >= 4 is 11.8 Å². The summed E-state index contributed by atoms with van der Waals surface area (Å²) in [5, 5.41) is 9.92. The van der Waals surface area contributed by atoms with Crippen molar-refractivity contribution in [2.75, 3.05) is 6.61 Å². The molecule has 2 saturated heterocycles. The van der Waals surface area contributed by atoms with Crippen LogP contribution in [-0.2, 0) is 9.47 Å². The summed E-state index contributed by atoms with van der Waals surface area (Å²) in [7, 11) is 0. The van der Waals surface area contributed by atoms with Gasteiger partial charge in [-0.05, 0) is 12.1 Å². The SMILES string of the molecule is O=C1c2ccccc2C(=O)N1[C@H]1C[C@H](O)[C@H]2OC[C@H]1O2. The van der Waals surface area contributed by atoms with Crippen LogP contribution in [0.1, 0.15) is 27.1 Å². The highest BCUT2D eigenvalue weighted by molar-refractivity contribution is 6.21. The van der Waals surface area contributed by atoms with Crippen LogP contribution in [-0.4, -0.2) is 53.0 Å². The molecule has 6 nitrogen and oxygen atoms in total. The average Bonchev–Trinajstić information content (AvgIpc) is 2.99. The number of benzene rings is 1. The molecule has 3 aliphatic rings. The number of ether oxygens (including phenoxy) is 2. The van der Waals surface area contributed by atoms with Gasteiger partial charge < -0.3 is 14.6 Å². The van der Waals surface area contributed by atoms with Gasteiger partial charge in [0.05, 0.1) is 23.8 Å². The number of carbonyl (C=O) groups is 2. The molecular weight excluding hydrogens is 262 g/mol. The highest BCUT2D eigenvalue weighted by Gasteiger charge is 2.50. The zero-order valence-electron chi connectivity index (χ0n) is 10.6. The van der Waals surface area contributed by atoms with Gasteiger partial charge in [-0.3, -0.25) is 14.5 Å². The predicted molar refractivity (Wildman–Crippen MR) is 66.0 cm³/mol. The van der Waals surface area contributed by atoms with Crippen LogP contribution in [0.2, 0.25) is 0 Å². The van der Waals surface area contributed by atoms with Crippen molar-refractivity contribution in [3.05, 3.63) is 35.4 Å². The molecule has 3 aliphatic heterocycles. The summed E-state index contributed by atoms with van der Waals surface area (Å²) in [5.41, 5.74) is 0.820. The van der Waals surface area contributed by atoms with Crippen LogP contribution < -0.4 is 0 Å². The maximum absolute atomic E-state index is 12.4. The van der Waals surface area contributed by atoms with Gasteiger partial charge in [0.15, 0.2) is 6.29 Å². The minimum atomic E-state index is -0.817. The molecule has 2 bridgehead atoms. The zero-order chi connectivity index (χ0) is 13.9. The van der Waals surface area contributed by atoms with E-state index in [4.69, 9.17) is 9.47 Å². The lowest BCUT2D eigenvalue weighted by Gasteiger charge is -2.35. The number of carbonyl (C=O) groups excluding carboxylic acids is 2. The minimum absolute atomic E-state index is 0.291. The number of aliphatic hydroxyl groups excluding tert-OH is 1.